The first kappa shape index (κ1) is 12.2. The lowest BCUT2D eigenvalue weighted by atomic mass is 10.1. The van der Waals surface area contributed by atoms with Crippen molar-refractivity contribution in [2.45, 2.75) is 33.3 Å². The molecule has 3 heteroatoms. The highest BCUT2D eigenvalue weighted by Gasteiger charge is 2.07. The third-order valence-corrected chi connectivity index (χ3v) is 2.89. The monoisotopic (exact) mass is 270 g/mol. The highest BCUT2D eigenvalue weighted by Crippen LogP contribution is 2.24. The van der Waals surface area contributed by atoms with E-state index in [-0.39, 0.29) is 11.9 Å². The van der Waals surface area contributed by atoms with Gasteiger partial charge in [0.2, 0.25) is 0 Å². The van der Waals surface area contributed by atoms with Crippen LogP contribution in [-0.2, 0) is 0 Å². The van der Waals surface area contributed by atoms with Crippen LogP contribution < -0.4 is 4.74 Å². The number of Topliss-reactive ketones (excluding diaryl/α,β-unsaturated/α-hetero) is 1. The van der Waals surface area contributed by atoms with Gasteiger partial charge in [-0.05, 0) is 54.4 Å². The van der Waals surface area contributed by atoms with Crippen LogP contribution in [0.25, 0.3) is 0 Å². The maximum Gasteiger partial charge on any atom is 0.160 e. The molecule has 0 aliphatic heterocycles. The molecule has 0 N–H and O–H groups in total. The SMILES string of the molecule is CCC(C)Oc1ccc(C(C)=O)c(Br)c1. The zero-order valence-corrected chi connectivity index (χ0v) is 10.8. The minimum Gasteiger partial charge on any atom is -0.491 e. The predicted octanol–water partition coefficient (Wildman–Crippen LogP) is 3.83. The van der Waals surface area contributed by atoms with Gasteiger partial charge in [-0.1, -0.05) is 6.92 Å². The summed E-state index contributed by atoms with van der Waals surface area (Å²) in [7, 11) is 0. The molecule has 0 spiro atoms. The summed E-state index contributed by atoms with van der Waals surface area (Å²) in [5.74, 6) is 0.846. The Balaban J connectivity index is 2.87. The van der Waals surface area contributed by atoms with Crippen molar-refractivity contribution in [1.29, 1.82) is 0 Å². The third kappa shape index (κ3) is 3.34. The Morgan fingerprint density at radius 3 is 2.67 bits per heavy atom. The van der Waals surface area contributed by atoms with Crippen LogP contribution in [0.5, 0.6) is 5.75 Å². The summed E-state index contributed by atoms with van der Waals surface area (Å²) >= 11 is 3.36. The summed E-state index contributed by atoms with van der Waals surface area (Å²) < 4.78 is 6.43. The van der Waals surface area contributed by atoms with Gasteiger partial charge < -0.3 is 4.74 Å². The van der Waals surface area contributed by atoms with Crippen LogP contribution >= 0.6 is 15.9 Å². The van der Waals surface area contributed by atoms with E-state index < -0.39 is 0 Å². The molecule has 0 amide bonds. The Morgan fingerprint density at radius 1 is 1.53 bits per heavy atom. The van der Waals surface area contributed by atoms with Gasteiger partial charge in [0.25, 0.3) is 0 Å². The topological polar surface area (TPSA) is 26.3 Å². The molecule has 0 saturated heterocycles. The largest absolute Gasteiger partial charge is 0.491 e. The molecule has 0 heterocycles. The van der Waals surface area contributed by atoms with Crippen LogP contribution in [0.1, 0.15) is 37.6 Å². The molecule has 2 nitrogen and oxygen atoms in total. The van der Waals surface area contributed by atoms with E-state index in [0.717, 1.165) is 16.6 Å². The lowest BCUT2D eigenvalue weighted by Gasteiger charge is -2.13. The van der Waals surface area contributed by atoms with E-state index in [1.807, 2.05) is 19.1 Å². The number of benzene rings is 1. The van der Waals surface area contributed by atoms with Gasteiger partial charge in [-0.15, -0.1) is 0 Å². The highest BCUT2D eigenvalue weighted by atomic mass is 79.9. The molecule has 1 atom stereocenters. The van der Waals surface area contributed by atoms with E-state index in [2.05, 4.69) is 22.9 Å². The molecule has 0 fully saturated rings. The third-order valence-electron chi connectivity index (χ3n) is 2.23. The molecule has 82 valence electrons. The van der Waals surface area contributed by atoms with E-state index in [0.29, 0.717) is 5.56 Å². The maximum atomic E-state index is 11.2. The Morgan fingerprint density at radius 2 is 2.20 bits per heavy atom. The van der Waals surface area contributed by atoms with Crippen LogP contribution in [-0.4, -0.2) is 11.9 Å². The van der Waals surface area contributed by atoms with Crippen LogP contribution in [0.15, 0.2) is 22.7 Å². The van der Waals surface area contributed by atoms with Gasteiger partial charge >= 0.3 is 0 Å². The summed E-state index contributed by atoms with van der Waals surface area (Å²) in [6.07, 6.45) is 1.16. The second-order valence-corrected chi connectivity index (χ2v) is 4.39. The van der Waals surface area contributed by atoms with Crippen molar-refractivity contribution in [3.05, 3.63) is 28.2 Å². The van der Waals surface area contributed by atoms with Crippen LogP contribution in [0.2, 0.25) is 0 Å². The van der Waals surface area contributed by atoms with Crippen molar-refractivity contribution in [2.75, 3.05) is 0 Å². The Hall–Kier alpha value is -0.830. The standard InChI is InChI=1S/C12H15BrO2/c1-4-8(2)15-10-5-6-11(9(3)14)12(13)7-10/h5-8H,4H2,1-3H3. The van der Waals surface area contributed by atoms with Gasteiger partial charge in [0.05, 0.1) is 6.10 Å². The second kappa shape index (κ2) is 5.31. The van der Waals surface area contributed by atoms with Crippen LogP contribution in [0, 0.1) is 0 Å². The number of hydrogen-bond donors (Lipinski definition) is 0. The van der Waals surface area contributed by atoms with Gasteiger partial charge in [-0.25, -0.2) is 0 Å². The molecule has 15 heavy (non-hydrogen) atoms. The number of hydrogen-bond acceptors (Lipinski definition) is 2. The summed E-state index contributed by atoms with van der Waals surface area (Å²) in [6.45, 7) is 5.64. The van der Waals surface area contributed by atoms with E-state index >= 15 is 0 Å². The molecule has 1 aromatic rings. The van der Waals surface area contributed by atoms with Crippen LogP contribution in [0.3, 0.4) is 0 Å². The van der Waals surface area contributed by atoms with E-state index in [9.17, 15) is 4.79 Å². The van der Waals surface area contributed by atoms with Crippen molar-refractivity contribution in [2.24, 2.45) is 0 Å². The molecule has 1 rings (SSSR count). The molecule has 1 unspecified atom stereocenters. The van der Waals surface area contributed by atoms with E-state index in [1.54, 1.807) is 13.0 Å². The summed E-state index contributed by atoms with van der Waals surface area (Å²) in [5, 5.41) is 0. The number of halogens is 1. The van der Waals surface area contributed by atoms with Crippen molar-refractivity contribution >= 4 is 21.7 Å². The molecule has 0 aliphatic rings. The molecule has 0 aliphatic carbocycles. The summed E-state index contributed by atoms with van der Waals surface area (Å²) in [5.41, 5.74) is 0.687. The molecule has 1 aromatic carbocycles. The Labute approximate surface area is 98.8 Å². The second-order valence-electron chi connectivity index (χ2n) is 3.53. The van der Waals surface area contributed by atoms with Gasteiger partial charge in [0.15, 0.2) is 5.78 Å². The predicted molar refractivity (Wildman–Crippen MR) is 64.5 cm³/mol. The van der Waals surface area contributed by atoms with E-state index in [1.165, 1.54) is 0 Å². The fraction of sp³-hybridized carbons (Fsp3) is 0.417. The van der Waals surface area contributed by atoms with Crippen molar-refractivity contribution in [1.82, 2.24) is 0 Å². The molecular formula is C12H15BrO2. The Bertz CT molecular complexity index is 361. The minimum absolute atomic E-state index is 0.0527. The van der Waals surface area contributed by atoms with Gasteiger partial charge in [0.1, 0.15) is 5.75 Å². The molecular weight excluding hydrogens is 256 g/mol. The number of rotatable bonds is 4. The van der Waals surface area contributed by atoms with Gasteiger partial charge in [-0.3, -0.25) is 4.79 Å². The molecule has 0 radical (unpaired) electrons. The number of carbonyl (C=O) groups is 1. The molecule has 0 saturated carbocycles. The normalized spacial score (nSPS) is 12.3. The van der Waals surface area contributed by atoms with Gasteiger partial charge in [-0.2, -0.15) is 0 Å². The number of ketones is 1. The van der Waals surface area contributed by atoms with E-state index in [4.69, 9.17) is 4.74 Å². The zero-order chi connectivity index (χ0) is 11.4. The minimum atomic E-state index is 0.0527. The zero-order valence-electron chi connectivity index (χ0n) is 9.21. The summed E-state index contributed by atoms with van der Waals surface area (Å²) in [4.78, 5) is 11.2. The van der Waals surface area contributed by atoms with Crippen LogP contribution in [0.4, 0.5) is 0 Å². The first-order valence-corrected chi connectivity index (χ1v) is 5.81. The lowest BCUT2D eigenvalue weighted by molar-refractivity contribution is 0.101. The first-order chi connectivity index (χ1) is 7.04. The Kier molecular flexibility index (Phi) is 4.33. The van der Waals surface area contributed by atoms with Gasteiger partial charge in [0, 0.05) is 10.0 Å². The van der Waals surface area contributed by atoms with Crippen molar-refractivity contribution in [3.8, 4) is 5.75 Å². The first-order valence-electron chi connectivity index (χ1n) is 5.01. The fourth-order valence-electron chi connectivity index (χ4n) is 1.17. The maximum absolute atomic E-state index is 11.2. The quantitative estimate of drug-likeness (QED) is 0.778. The lowest BCUT2D eigenvalue weighted by Crippen LogP contribution is -2.09. The number of ether oxygens (including phenoxy) is 1. The average molecular weight is 271 g/mol. The molecule has 0 aromatic heterocycles. The number of carbonyl (C=O) groups excluding carboxylic acids is 1. The summed E-state index contributed by atoms with van der Waals surface area (Å²) in [6, 6.07) is 5.45. The van der Waals surface area contributed by atoms with Crippen molar-refractivity contribution < 1.29 is 9.53 Å². The van der Waals surface area contributed by atoms with Crippen molar-refractivity contribution in [3.63, 3.8) is 0 Å². The average Bonchev–Trinajstić information content (AvgIpc) is 2.17. The smallest absolute Gasteiger partial charge is 0.160 e. The fourth-order valence-corrected chi connectivity index (χ4v) is 1.81. The highest BCUT2D eigenvalue weighted by molar-refractivity contribution is 9.10. The molecule has 0 bridgehead atoms.